The molecule has 0 radical (unpaired) electrons. The van der Waals surface area contributed by atoms with Gasteiger partial charge in [-0.3, -0.25) is 9.59 Å². The van der Waals surface area contributed by atoms with Crippen molar-refractivity contribution in [3.8, 4) is 0 Å². The Morgan fingerprint density at radius 1 is 1.35 bits per heavy atom. The van der Waals surface area contributed by atoms with E-state index in [2.05, 4.69) is 10.6 Å². The quantitative estimate of drug-likeness (QED) is 0.812. The molecule has 0 aromatic heterocycles. The number of nitrogens with zero attached hydrogens (tertiary/aromatic N) is 1. The van der Waals surface area contributed by atoms with Crippen LogP contribution in [0.15, 0.2) is 0 Å². The van der Waals surface area contributed by atoms with Crippen molar-refractivity contribution in [3.05, 3.63) is 0 Å². The summed E-state index contributed by atoms with van der Waals surface area (Å²) in [6.07, 6.45) is 4.33. The number of hydrogen-bond donors (Lipinski definition) is 2. The highest BCUT2D eigenvalue weighted by molar-refractivity contribution is 5.85. The molecular formula is C14H26ClN3O2. The van der Waals surface area contributed by atoms with Crippen LogP contribution in [0.2, 0.25) is 0 Å². The van der Waals surface area contributed by atoms with Crippen LogP contribution < -0.4 is 10.6 Å². The summed E-state index contributed by atoms with van der Waals surface area (Å²) in [5.41, 5.74) is 0. The summed E-state index contributed by atoms with van der Waals surface area (Å²) < 4.78 is 0. The highest BCUT2D eigenvalue weighted by Gasteiger charge is 2.29. The Kier molecular flexibility index (Phi) is 7.30. The van der Waals surface area contributed by atoms with Gasteiger partial charge < -0.3 is 15.5 Å². The Balaban J connectivity index is 0.00000200. The van der Waals surface area contributed by atoms with Crippen LogP contribution in [0.1, 0.15) is 39.0 Å². The Bertz CT molecular complexity index is 332. The first-order chi connectivity index (χ1) is 9.20. The molecule has 6 heteroatoms. The number of halogens is 1. The van der Waals surface area contributed by atoms with E-state index in [0.29, 0.717) is 13.0 Å². The van der Waals surface area contributed by atoms with Gasteiger partial charge in [0.1, 0.15) is 0 Å². The summed E-state index contributed by atoms with van der Waals surface area (Å²) in [5.74, 6) is 0.306. The molecule has 2 aliphatic rings. The van der Waals surface area contributed by atoms with Crippen molar-refractivity contribution >= 4 is 24.2 Å². The van der Waals surface area contributed by atoms with Crippen molar-refractivity contribution in [2.24, 2.45) is 5.92 Å². The molecule has 0 saturated carbocycles. The maximum atomic E-state index is 12.2. The summed E-state index contributed by atoms with van der Waals surface area (Å²) in [4.78, 5) is 26.0. The number of nitrogens with one attached hydrogen (secondary N) is 2. The van der Waals surface area contributed by atoms with E-state index >= 15 is 0 Å². The van der Waals surface area contributed by atoms with E-state index in [0.717, 1.165) is 45.3 Å². The smallest absolute Gasteiger partial charge is 0.225 e. The van der Waals surface area contributed by atoms with Gasteiger partial charge in [0, 0.05) is 32.1 Å². The Morgan fingerprint density at radius 3 is 2.80 bits per heavy atom. The summed E-state index contributed by atoms with van der Waals surface area (Å²) in [6, 6.07) is 0.272. The lowest BCUT2D eigenvalue weighted by molar-refractivity contribution is -0.135. The first-order valence-corrected chi connectivity index (χ1v) is 7.49. The lowest BCUT2D eigenvalue weighted by atomic mass is 9.96. The van der Waals surface area contributed by atoms with Crippen LogP contribution >= 0.6 is 12.4 Å². The van der Waals surface area contributed by atoms with Gasteiger partial charge in [-0.25, -0.2) is 0 Å². The minimum Gasteiger partial charge on any atom is -0.352 e. The van der Waals surface area contributed by atoms with Crippen molar-refractivity contribution in [3.63, 3.8) is 0 Å². The van der Waals surface area contributed by atoms with Gasteiger partial charge in [0.2, 0.25) is 11.8 Å². The number of likely N-dealkylation sites (tertiary alicyclic amines) is 1. The van der Waals surface area contributed by atoms with Crippen molar-refractivity contribution < 1.29 is 9.59 Å². The van der Waals surface area contributed by atoms with Gasteiger partial charge in [0.15, 0.2) is 0 Å². The summed E-state index contributed by atoms with van der Waals surface area (Å²) in [6.45, 7) is 5.28. The number of rotatable bonds is 4. The molecular weight excluding hydrogens is 278 g/mol. The van der Waals surface area contributed by atoms with Gasteiger partial charge in [0.25, 0.3) is 0 Å². The van der Waals surface area contributed by atoms with E-state index in [1.807, 2.05) is 11.8 Å². The fraction of sp³-hybridized carbons (Fsp3) is 0.857. The van der Waals surface area contributed by atoms with E-state index < -0.39 is 0 Å². The van der Waals surface area contributed by atoms with E-state index in [4.69, 9.17) is 0 Å². The Hall–Kier alpha value is -0.810. The second-order valence-electron chi connectivity index (χ2n) is 5.63. The monoisotopic (exact) mass is 303 g/mol. The molecule has 2 fully saturated rings. The molecule has 2 amide bonds. The summed E-state index contributed by atoms with van der Waals surface area (Å²) in [7, 11) is 0. The van der Waals surface area contributed by atoms with E-state index in [-0.39, 0.29) is 36.2 Å². The second-order valence-corrected chi connectivity index (χ2v) is 5.63. The predicted octanol–water partition coefficient (Wildman–Crippen LogP) is 0.925. The van der Waals surface area contributed by atoms with Crippen LogP contribution in [0.25, 0.3) is 0 Å². The van der Waals surface area contributed by atoms with Gasteiger partial charge in [0.05, 0.1) is 5.92 Å². The lowest BCUT2D eigenvalue weighted by Crippen LogP contribution is -2.47. The second kappa shape index (κ2) is 8.47. The third-order valence-corrected chi connectivity index (χ3v) is 4.02. The van der Waals surface area contributed by atoms with Crippen LogP contribution in [-0.2, 0) is 9.59 Å². The predicted molar refractivity (Wildman–Crippen MR) is 80.9 cm³/mol. The fourth-order valence-corrected chi connectivity index (χ4v) is 2.89. The zero-order valence-electron chi connectivity index (χ0n) is 12.2. The topological polar surface area (TPSA) is 61.4 Å². The summed E-state index contributed by atoms with van der Waals surface area (Å²) in [5, 5.41) is 6.35. The maximum Gasteiger partial charge on any atom is 0.225 e. The number of hydrogen-bond acceptors (Lipinski definition) is 3. The van der Waals surface area contributed by atoms with Crippen molar-refractivity contribution in [1.29, 1.82) is 0 Å². The van der Waals surface area contributed by atoms with Gasteiger partial charge in [-0.05, 0) is 32.2 Å². The third kappa shape index (κ3) is 4.63. The minimum atomic E-state index is -0.0184. The van der Waals surface area contributed by atoms with Crippen molar-refractivity contribution in [2.75, 3.05) is 26.2 Å². The van der Waals surface area contributed by atoms with Crippen LogP contribution in [0, 0.1) is 5.92 Å². The average molecular weight is 304 g/mol. The number of carbonyl (C=O) groups is 2. The molecule has 5 nitrogen and oxygen atoms in total. The van der Waals surface area contributed by atoms with E-state index in [1.165, 1.54) is 0 Å². The lowest BCUT2D eigenvalue weighted by Gasteiger charge is -2.32. The average Bonchev–Trinajstić information content (AvgIpc) is 2.92. The molecule has 2 heterocycles. The Labute approximate surface area is 127 Å². The standard InChI is InChI=1S/C14H25N3O2.ClH/c1-2-4-13(18)17-8-3-5-11(10-17)14(19)16-12-6-7-15-9-12;/h11-12,15H,2-10H2,1H3,(H,16,19);1H. The number of piperidine rings is 1. The Morgan fingerprint density at radius 2 is 2.15 bits per heavy atom. The molecule has 2 atom stereocenters. The SMILES string of the molecule is CCCC(=O)N1CCCC(C(=O)NC2CCNC2)C1.Cl. The van der Waals surface area contributed by atoms with E-state index in [1.54, 1.807) is 0 Å². The molecule has 116 valence electrons. The van der Waals surface area contributed by atoms with Crippen LogP contribution in [0.5, 0.6) is 0 Å². The van der Waals surface area contributed by atoms with Crippen molar-refractivity contribution in [2.45, 2.75) is 45.1 Å². The number of carbonyl (C=O) groups excluding carboxylic acids is 2. The molecule has 20 heavy (non-hydrogen) atoms. The maximum absolute atomic E-state index is 12.2. The van der Waals surface area contributed by atoms with Gasteiger partial charge >= 0.3 is 0 Å². The first-order valence-electron chi connectivity index (χ1n) is 7.49. The molecule has 0 aliphatic carbocycles. The van der Waals surface area contributed by atoms with E-state index in [9.17, 15) is 9.59 Å². The first kappa shape index (κ1) is 17.2. The molecule has 2 N–H and O–H groups in total. The molecule has 2 unspecified atom stereocenters. The van der Waals surface area contributed by atoms with Gasteiger partial charge in [-0.15, -0.1) is 12.4 Å². The van der Waals surface area contributed by atoms with Crippen LogP contribution in [0.3, 0.4) is 0 Å². The zero-order chi connectivity index (χ0) is 13.7. The van der Waals surface area contributed by atoms with Crippen molar-refractivity contribution in [1.82, 2.24) is 15.5 Å². The zero-order valence-corrected chi connectivity index (χ0v) is 13.0. The molecule has 0 aromatic rings. The normalized spacial score (nSPS) is 25.9. The van der Waals surface area contributed by atoms with Crippen LogP contribution in [0.4, 0.5) is 0 Å². The molecule has 0 bridgehead atoms. The highest BCUT2D eigenvalue weighted by Crippen LogP contribution is 2.18. The fourth-order valence-electron chi connectivity index (χ4n) is 2.89. The largest absolute Gasteiger partial charge is 0.352 e. The highest BCUT2D eigenvalue weighted by atomic mass is 35.5. The number of amides is 2. The molecule has 2 saturated heterocycles. The van der Waals surface area contributed by atoms with Gasteiger partial charge in [-0.2, -0.15) is 0 Å². The van der Waals surface area contributed by atoms with Crippen LogP contribution in [-0.4, -0.2) is 48.9 Å². The minimum absolute atomic E-state index is 0. The third-order valence-electron chi connectivity index (χ3n) is 4.02. The summed E-state index contributed by atoms with van der Waals surface area (Å²) >= 11 is 0. The molecule has 2 rings (SSSR count). The molecule has 0 aromatic carbocycles. The van der Waals surface area contributed by atoms with Gasteiger partial charge in [-0.1, -0.05) is 6.92 Å². The molecule has 0 spiro atoms. The molecule has 2 aliphatic heterocycles.